The second-order valence-electron chi connectivity index (χ2n) is 4.24. The van der Waals surface area contributed by atoms with E-state index in [1.165, 1.54) is 6.92 Å². The molecule has 6 heteroatoms. The maximum absolute atomic E-state index is 11.0. The molecule has 0 fully saturated rings. The number of hydrogen-bond donors (Lipinski definition) is 3. The van der Waals surface area contributed by atoms with Crippen molar-refractivity contribution in [1.82, 2.24) is 10.6 Å². The summed E-state index contributed by atoms with van der Waals surface area (Å²) in [4.78, 5) is 21.9. The Balaban J connectivity index is 2.62. The van der Waals surface area contributed by atoms with Gasteiger partial charge in [-0.3, -0.25) is 4.79 Å². The van der Waals surface area contributed by atoms with E-state index < -0.39 is 12.0 Å². The molecule has 0 bridgehead atoms. The Labute approximate surface area is 117 Å². The van der Waals surface area contributed by atoms with Gasteiger partial charge in [0.05, 0.1) is 0 Å². The highest BCUT2D eigenvalue weighted by atomic mass is 35.5. The van der Waals surface area contributed by atoms with E-state index in [-0.39, 0.29) is 18.5 Å². The van der Waals surface area contributed by atoms with Crippen LogP contribution in [0.2, 0.25) is 5.02 Å². The summed E-state index contributed by atoms with van der Waals surface area (Å²) in [5.74, 6) is -1.45. The minimum absolute atomic E-state index is 0.107. The maximum atomic E-state index is 11.0. The van der Waals surface area contributed by atoms with E-state index in [1.54, 1.807) is 6.07 Å². The van der Waals surface area contributed by atoms with Crippen LogP contribution in [0.5, 0.6) is 0 Å². The van der Waals surface area contributed by atoms with Crippen LogP contribution in [0.25, 0.3) is 0 Å². The minimum Gasteiger partial charge on any atom is -0.480 e. The van der Waals surface area contributed by atoms with Crippen LogP contribution in [0.4, 0.5) is 0 Å². The smallest absolute Gasteiger partial charge is 0.327 e. The monoisotopic (exact) mass is 284 g/mol. The van der Waals surface area contributed by atoms with Gasteiger partial charge in [-0.15, -0.1) is 0 Å². The first-order valence-corrected chi connectivity index (χ1v) is 6.27. The lowest BCUT2D eigenvalue weighted by molar-refractivity contribution is -0.141. The number of hydrogen-bond acceptors (Lipinski definition) is 3. The molecule has 0 aliphatic rings. The minimum atomic E-state index is -1.07. The van der Waals surface area contributed by atoms with Crippen LogP contribution in [-0.4, -0.2) is 29.6 Å². The second-order valence-corrected chi connectivity index (χ2v) is 4.65. The van der Waals surface area contributed by atoms with Crippen molar-refractivity contribution in [2.45, 2.75) is 25.9 Å². The lowest BCUT2D eigenvalue weighted by Gasteiger charge is -2.19. The highest BCUT2D eigenvalue weighted by molar-refractivity contribution is 6.31. The third kappa shape index (κ3) is 4.89. The molecule has 2 atom stereocenters. The molecule has 0 aliphatic carbocycles. The molecule has 19 heavy (non-hydrogen) atoms. The van der Waals surface area contributed by atoms with Crippen molar-refractivity contribution in [2.24, 2.45) is 0 Å². The van der Waals surface area contributed by atoms with E-state index in [9.17, 15) is 9.59 Å². The number of carboxylic acid groups (broad SMARTS) is 1. The number of benzene rings is 1. The van der Waals surface area contributed by atoms with E-state index in [0.29, 0.717) is 5.02 Å². The van der Waals surface area contributed by atoms with Crippen molar-refractivity contribution >= 4 is 23.5 Å². The molecule has 1 aromatic carbocycles. The number of rotatable bonds is 6. The van der Waals surface area contributed by atoms with E-state index in [0.717, 1.165) is 5.56 Å². The fourth-order valence-corrected chi connectivity index (χ4v) is 1.98. The highest BCUT2D eigenvalue weighted by Gasteiger charge is 2.19. The fraction of sp³-hybridized carbons (Fsp3) is 0.385. The molecule has 5 nitrogen and oxygen atoms in total. The van der Waals surface area contributed by atoms with Gasteiger partial charge in [-0.05, 0) is 18.6 Å². The van der Waals surface area contributed by atoms with Crippen LogP contribution in [0, 0.1) is 0 Å². The van der Waals surface area contributed by atoms with Crippen LogP contribution in [-0.2, 0) is 9.59 Å². The van der Waals surface area contributed by atoms with Crippen molar-refractivity contribution in [3.05, 3.63) is 34.9 Å². The van der Waals surface area contributed by atoms with Gasteiger partial charge in [0.1, 0.15) is 6.04 Å². The first-order chi connectivity index (χ1) is 8.91. The quantitative estimate of drug-likeness (QED) is 0.741. The number of carbonyl (C=O) groups excluding carboxylic acids is 1. The molecule has 0 saturated heterocycles. The molecule has 1 unspecified atom stereocenters. The fourth-order valence-electron chi connectivity index (χ4n) is 1.68. The van der Waals surface area contributed by atoms with E-state index >= 15 is 0 Å². The largest absolute Gasteiger partial charge is 0.480 e. The van der Waals surface area contributed by atoms with E-state index in [2.05, 4.69) is 10.6 Å². The molecule has 1 aromatic rings. The van der Waals surface area contributed by atoms with Crippen LogP contribution in [0.1, 0.15) is 25.5 Å². The predicted molar refractivity (Wildman–Crippen MR) is 73.1 cm³/mol. The molecule has 3 N–H and O–H groups in total. The van der Waals surface area contributed by atoms with Crippen molar-refractivity contribution < 1.29 is 14.7 Å². The first-order valence-electron chi connectivity index (χ1n) is 5.89. The summed E-state index contributed by atoms with van der Waals surface area (Å²) in [7, 11) is 0. The predicted octanol–water partition coefficient (Wildman–Crippen LogP) is 1.58. The number of nitrogens with one attached hydrogen (secondary N) is 2. The van der Waals surface area contributed by atoms with Gasteiger partial charge in [-0.2, -0.15) is 0 Å². The molecule has 0 radical (unpaired) electrons. The molecule has 1 amide bonds. The Morgan fingerprint density at radius 2 is 2.00 bits per heavy atom. The van der Waals surface area contributed by atoms with Gasteiger partial charge in [0.2, 0.25) is 5.91 Å². The molecular formula is C13H17ClN2O3. The van der Waals surface area contributed by atoms with E-state index in [4.69, 9.17) is 16.7 Å². The summed E-state index contributed by atoms with van der Waals surface area (Å²) in [5.41, 5.74) is 0.885. The Bertz CT molecular complexity index is 465. The molecule has 0 saturated carbocycles. The topological polar surface area (TPSA) is 78.4 Å². The molecule has 104 valence electrons. The third-order valence-electron chi connectivity index (χ3n) is 2.68. The van der Waals surface area contributed by atoms with Gasteiger partial charge in [0.25, 0.3) is 0 Å². The normalized spacial score (nSPS) is 13.6. The lowest BCUT2D eigenvalue weighted by Crippen LogP contribution is -2.46. The zero-order chi connectivity index (χ0) is 14.4. The summed E-state index contributed by atoms with van der Waals surface area (Å²) in [6.45, 7) is 3.29. The summed E-state index contributed by atoms with van der Waals surface area (Å²) < 4.78 is 0. The van der Waals surface area contributed by atoms with Gasteiger partial charge in [0.15, 0.2) is 0 Å². The SMILES string of the molecule is CC(=O)NC(CN[C@H](C)c1ccccc1Cl)C(=O)O. The Hall–Kier alpha value is -1.59. The molecule has 1 rings (SSSR count). The van der Waals surface area contributed by atoms with Gasteiger partial charge in [0, 0.05) is 24.5 Å². The van der Waals surface area contributed by atoms with Crippen LogP contribution in [0.3, 0.4) is 0 Å². The van der Waals surface area contributed by atoms with Crippen molar-refractivity contribution in [3.8, 4) is 0 Å². The maximum Gasteiger partial charge on any atom is 0.327 e. The average Bonchev–Trinajstić information content (AvgIpc) is 2.34. The number of carbonyl (C=O) groups is 2. The van der Waals surface area contributed by atoms with Gasteiger partial charge in [-0.25, -0.2) is 4.79 Å². The van der Waals surface area contributed by atoms with Crippen LogP contribution >= 0.6 is 11.6 Å². The molecule has 0 heterocycles. The van der Waals surface area contributed by atoms with Gasteiger partial charge >= 0.3 is 5.97 Å². The zero-order valence-electron chi connectivity index (χ0n) is 10.8. The lowest BCUT2D eigenvalue weighted by atomic mass is 10.1. The van der Waals surface area contributed by atoms with E-state index in [1.807, 2.05) is 25.1 Å². The average molecular weight is 285 g/mol. The number of amides is 1. The Kier molecular flexibility index (Phi) is 5.79. The van der Waals surface area contributed by atoms with Crippen LogP contribution in [0.15, 0.2) is 24.3 Å². The van der Waals surface area contributed by atoms with Gasteiger partial charge < -0.3 is 15.7 Å². The third-order valence-corrected chi connectivity index (χ3v) is 3.02. The summed E-state index contributed by atoms with van der Waals surface area (Å²) in [6.07, 6.45) is 0. The van der Waals surface area contributed by atoms with Crippen molar-refractivity contribution in [1.29, 1.82) is 0 Å². The summed E-state index contributed by atoms with van der Waals surface area (Å²) in [5, 5.41) is 15.0. The molecule has 0 aliphatic heterocycles. The van der Waals surface area contributed by atoms with Crippen LogP contribution < -0.4 is 10.6 Å². The number of halogens is 1. The summed E-state index contributed by atoms with van der Waals surface area (Å²) in [6, 6.07) is 6.27. The Morgan fingerprint density at radius 1 is 1.37 bits per heavy atom. The molecular weight excluding hydrogens is 268 g/mol. The number of carboxylic acids is 1. The Morgan fingerprint density at radius 3 is 2.53 bits per heavy atom. The molecule has 0 spiro atoms. The zero-order valence-corrected chi connectivity index (χ0v) is 11.6. The standard InChI is InChI=1S/C13H17ClN2O3/c1-8(10-5-3-4-6-11(10)14)15-7-12(13(18)19)16-9(2)17/h3-6,8,12,15H,7H2,1-2H3,(H,16,17)(H,18,19)/t8-,12?/m1/s1. The summed E-state index contributed by atoms with van der Waals surface area (Å²) >= 11 is 6.06. The second kappa shape index (κ2) is 7.11. The van der Waals surface area contributed by atoms with Crippen molar-refractivity contribution in [2.75, 3.05) is 6.54 Å². The van der Waals surface area contributed by atoms with Crippen molar-refractivity contribution in [3.63, 3.8) is 0 Å². The molecule has 0 aromatic heterocycles. The highest BCUT2D eigenvalue weighted by Crippen LogP contribution is 2.21. The number of aliphatic carboxylic acids is 1. The van der Waals surface area contributed by atoms with Gasteiger partial charge in [-0.1, -0.05) is 29.8 Å². The first kappa shape index (κ1) is 15.5.